The van der Waals surface area contributed by atoms with Gasteiger partial charge in [-0.05, 0) is 62.9 Å². The number of carboxylic acids is 1. The van der Waals surface area contributed by atoms with Crippen molar-refractivity contribution in [1.29, 1.82) is 0 Å². The van der Waals surface area contributed by atoms with Crippen LogP contribution in [0.3, 0.4) is 0 Å². The fourth-order valence-corrected chi connectivity index (χ4v) is 3.97. The number of carbonyl (C=O) groups excluding carboxylic acids is 1. The number of nitrogens with zero attached hydrogens (tertiary/aromatic N) is 1. The van der Waals surface area contributed by atoms with Crippen LogP contribution in [0.1, 0.15) is 39.9 Å². The van der Waals surface area contributed by atoms with Gasteiger partial charge in [0, 0.05) is 18.7 Å². The number of aliphatic carboxylic acids is 1. The Bertz CT molecular complexity index is 842. The first kappa shape index (κ1) is 19.1. The third kappa shape index (κ3) is 4.18. The van der Waals surface area contributed by atoms with Crippen LogP contribution in [0.2, 0.25) is 0 Å². The summed E-state index contributed by atoms with van der Waals surface area (Å²) in [6.45, 7) is 4.59. The molecule has 0 unspecified atom stereocenters. The van der Waals surface area contributed by atoms with Crippen molar-refractivity contribution in [2.45, 2.75) is 33.1 Å². The molecule has 0 saturated carbocycles. The van der Waals surface area contributed by atoms with Gasteiger partial charge in [0.2, 0.25) is 0 Å². The molecule has 142 valence electrons. The molecule has 2 aromatic carbocycles. The Morgan fingerprint density at radius 2 is 1.74 bits per heavy atom. The minimum absolute atomic E-state index is 0.133. The Morgan fingerprint density at radius 3 is 2.33 bits per heavy atom. The summed E-state index contributed by atoms with van der Waals surface area (Å²) in [6, 6.07) is 11.6. The molecule has 1 aliphatic rings. The van der Waals surface area contributed by atoms with Crippen molar-refractivity contribution in [3.8, 4) is 0 Å². The topological polar surface area (TPSA) is 57.6 Å². The van der Waals surface area contributed by atoms with Gasteiger partial charge in [-0.3, -0.25) is 9.59 Å². The average Bonchev–Trinajstić information content (AvgIpc) is 2.62. The van der Waals surface area contributed by atoms with E-state index < -0.39 is 11.4 Å². The van der Waals surface area contributed by atoms with Gasteiger partial charge in [0.15, 0.2) is 0 Å². The van der Waals surface area contributed by atoms with E-state index in [-0.39, 0.29) is 24.7 Å². The molecule has 4 nitrogen and oxygen atoms in total. The number of piperidine rings is 1. The molecule has 1 heterocycles. The maximum absolute atomic E-state index is 13.2. The first-order chi connectivity index (χ1) is 12.8. The second kappa shape index (κ2) is 7.51. The lowest BCUT2D eigenvalue weighted by molar-refractivity contribution is -0.151. The number of aryl methyl sites for hydroxylation is 2. The number of rotatable bonds is 4. The van der Waals surface area contributed by atoms with Gasteiger partial charge in [0.25, 0.3) is 5.91 Å². The zero-order chi connectivity index (χ0) is 19.6. The summed E-state index contributed by atoms with van der Waals surface area (Å²) in [6.07, 6.45) is 1.40. The molecule has 0 radical (unpaired) electrons. The molecule has 1 N–H and O–H groups in total. The van der Waals surface area contributed by atoms with Crippen LogP contribution in [0, 0.1) is 25.1 Å². The standard InChI is InChI=1S/C22H24FNO3/c1-15-10-16(2)12-18(11-15)20(25)24-9-3-8-22(14-24,21(26)27)13-17-4-6-19(23)7-5-17/h4-7,10-12H,3,8-9,13-14H2,1-2H3,(H,26,27)/t22-/m0/s1. The minimum Gasteiger partial charge on any atom is -0.481 e. The zero-order valence-corrected chi connectivity index (χ0v) is 15.7. The molecule has 27 heavy (non-hydrogen) atoms. The van der Waals surface area contributed by atoms with E-state index in [0.717, 1.165) is 16.7 Å². The summed E-state index contributed by atoms with van der Waals surface area (Å²) in [4.78, 5) is 26.8. The Hall–Kier alpha value is -2.69. The largest absolute Gasteiger partial charge is 0.481 e. The van der Waals surface area contributed by atoms with Crippen molar-refractivity contribution in [2.75, 3.05) is 13.1 Å². The summed E-state index contributed by atoms with van der Waals surface area (Å²) in [7, 11) is 0. The van der Waals surface area contributed by atoms with Crippen LogP contribution in [-0.2, 0) is 11.2 Å². The monoisotopic (exact) mass is 369 g/mol. The molecular weight excluding hydrogens is 345 g/mol. The van der Waals surface area contributed by atoms with Gasteiger partial charge >= 0.3 is 5.97 Å². The molecule has 0 aliphatic carbocycles. The highest BCUT2D eigenvalue weighted by molar-refractivity contribution is 5.95. The van der Waals surface area contributed by atoms with Crippen molar-refractivity contribution >= 4 is 11.9 Å². The summed E-state index contributed by atoms with van der Waals surface area (Å²) >= 11 is 0. The van der Waals surface area contributed by atoms with E-state index in [4.69, 9.17) is 0 Å². The van der Waals surface area contributed by atoms with Crippen LogP contribution in [0.4, 0.5) is 4.39 Å². The molecular formula is C22H24FNO3. The normalized spacial score (nSPS) is 19.7. The maximum Gasteiger partial charge on any atom is 0.311 e. The van der Waals surface area contributed by atoms with Crippen LogP contribution in [0.25, 0.3) is 0 Å². The van der Waals surface area contributed by atoms with Gasteiger partial charge in [-0.15, -0.1) is 0 Å². The second-order valence-corrected chi connectivity index (χ2v) is 7.60. The predicted octanol–water partition coefficient (Wildman–Crippen LogP) is 3.99. The lowest BCUT2D eigenvalue weighted by Gasteiger charge is -2.40. The summed E-state index contributed by atoms with van der Waals surface area (Å²) in [5, 5.41) is 9.95. The Balaban J connectivity index is 1.85. The lowest BCUT2D eigenvalue weighted by atomic mass is 9.75. The third-order valence-corrected chi connectivity index (χ3v) is 5.24. The highest BCUT2D eigenvalue weighted by Crippen LogP contribution is 2.35. The van der Waals surface area contributed by atoms with Gasteiger partial charge < -0.3 is 10.0 Å². The second-order valence-electron chi connectivity index (χ2n) is 7.60. The summed E-state index contributed by atoms with van der Waals surface area (Å²) in [5.41, 5.74) is 2.32. The van der Waals surface area contributed by atoms with Crippen LogP contribution in [0.5, 0.6) is 0 Å². The van der Waals surface area contributed by atoms with Gasteiger partial charge in [0.1, 0.15) is 5.82 Å². The third-order valence-electron chi connectivity index (χ3n) is 5.24. The van der Waals surface area contributed by atoms with Gasteiger partial charge in [-0.2, -0.15) is 0 Å². The van der Waals surface area contributed by atoms with Crippen molar-refractivity contribution in [3.63, 3.8) is 0 Å². The number of carbonyl (C=O) groups is 2. The highest BCUT2D eigenvalue weighted by atomic mass is 19.1. The molecule has 2 aromatic rings. The minimum atomic E-state index is -1.05. The van der Waals surface area contributed by atoms with Gasteiger partial charge in [-0.1, -0.05) is 29.3 Å². The van der Waals surface area contributed by atoms with Crippen molar-refractivity contribution in [1.82, 2.24) is 4.90 Å². The number of hydrogen-bond donors (Lipinski definition) is 1. The number of likely N-dealkylation sites (tertiary alicyclic amines) is 1. The van der Waals surface area contributed by atoms with Gasteiger partial charge in [-0.25, -0.2) is 4.39 Å². The number of amides is 1. The van der Waals surface area contributed by atoms with E-state index in [1.165, 1.54) is 12.1 Å². The Labute approximate surface area is 158 Å². The van der Waals surface area contributed by atoms with Crippen LogP contribution in [0.15, 0.2) is 42.5 Å². The molecule has 5 heteroatoms. The smallest absolute Gasteiger partial charge is 0.311 e. The molecule has 1 saturated heterocycles. The summed E-state index contributed by atoms with van der Waals surface area (Å²) in [5.74, 6) is -1.39. The SMILES string of the molecule is Cc1cc(C)cc(C(=O)N2CCC[C@@](Cc3ccc(F)cc3)(C(=O)O)C2)c1. The van der Waals surface area contributed by atoms with E-state index in [0.29, 0.717) is 24.9 Å². The predicted molar refractivity (Wildman–Crippen MR) is 101 cm³/mol. The molecule has 1 aliphatic heterocycles. The first-order valence-electron chi connectivity index (χ1n) is 9.14. The Kier molecular flexibility index (Phi) is 5.31. The first-order valence-corrected chi connectivity index (χ1v) is 9.14. The quantitative estimate of drug-likeness (QED) is 0.886. The van der Waals surface area contributed by atoms with Crippen molar-refractivity contribution in [2.24, 2.45) is 5.41 Å². The van der Waals surface area contributed by atoms with Crippen LogP contribution < -0.4 is 0 Å². The molecule has 1 amide bonds. The molecule has 0 bridgehead atoms. The van der Waals surface area contributed by atoms with Crippen LogP contribution in [-0.4, -0.2) is 35.0 Å². The molecule has 0 spiro atoms. The fraction of sp³-hybridized carbons (Fsp3) is 0.364. The van der Waals surface area contributed by atoms with Crippen molar-refractivity contribution < 1.29 is 19.1 Å². The molecule has 0 aromatic heterocycles. The molecule has 1 atom stereocenters. The maximum atomic E-state index is 13.2. The highest BCUT2D eigenvalue weighted by Gasteiger charge is 2.43. The zero-order valence-electron chi connectivity index (χ0n) is 15.7. The molecule has 1 fully saturated rings. The fourth-order valence-electron chi connectivity index (χ4n) is 3.97. The lowest BCUT2D eigenvalue weighted by Crippen LogP contribution is -2.51. The van der Waals surface area contributed by atoms with Crippen molar-refractivity contribution in [3.05, 3.63) is 70.5 Å². The number of benzene rings is 2. The van der Waals surface area contributed by atoms with E-state index in [9.17, 15) is 19.1 Å². The van der Waals surface area contributed by atoms with E-state index in [1.807, 2.05) is 32.0 Å². The van der Waals surface area contributed by atoms with Crippen LogP contribution >= 0.6 is 0 Å². The summed E-state index contributed by atoms with van der Waals surface area (Å²) < 4.78 is 13.2. The number of hydrogen-bond acceptors (Lipinski definition) is 2. The number of carboxylic acid groups (broad SMARTS) is 1. The Morgan fingerprint density at radius 1 is 1.11 bits per heavy atom. The van der Waals surface area contributed by atoms with Gasteiger partial charge in [0.05, 0.1) is 5.41 Å². The van der Waals surface area contributed by atoms with E-state index in [1.54, 1.807) is 17.0 Å². The number of halogens is 1. The van der Waals surface area contributed by atoms with E-state index in [2.05, 4.69) is 0 Å². The molecule has 3 rings (SSSR count). The van der Waals surface area contributed by atoms with E-state index >= 15 is 0 Å². The average molecular weight is 369 g/mol.